The summed E-state index contributed by atoms with van der Waals surface area (Å²) in [6.45, 7) is 3.84. The number of benzene rings is 1. The van der Waals surface area contributed by atoms with Crippen molar-refractivity contribution in [2.75, 3.05) is 11.9 Å². The molecule has 1 aliphatic heterocycles. The van der Waals surface area contributed by atoms with Gasteiger partial charge in [-0.05, 0) is 6.07 Å². The summed E-state index contributed by atoms with van der Waals surface area (Å²) < 4.78 is 68.6. The van der Waals surface area contributed by atoms with Crippen molar-refractivity contribution in [1.82, 2.24) is 23.7 Å². The molecule has 208 valence electrons. The Bertz CT molecular complexity index is 1710. The van der Waals surface area contributed by atoms with Crippen LogP contribution in [0, 0.1) is 0 Å². The van der Waals surface area contributed by atoms with Gasteiger partial charge in [-0.25, -0.2) is 0 Å². The van der Waals surface area contributed by atoms with Crippen molar-refractivity contribution in [3.05, 3.63) is 83.9 Å². The van der Waals surface area contributed by atoms with Gasteiger partial charge in [-0.3, -0.25) is 0 Å². The second-order valence-electron chi connectivity index (χ2n) is 9.14. The van der Waals surface area contributed by atoms with E-state index in [2.05, 4.69) is 21.9 Å². The molecule has 4 aromatic rings. The molecule has 1 aromatic carbocycles. The summed E-state index contributed by atoms with van der Waals surface area (Å²) in [4.78, 5) is 25.8. The van der Waals surface area contributed by atoms with Gasteiger partial charge in [0.05, 0.1) is 0 Å². The van der Waals surface area contributed by atoms with Gasteiger partial charge >= 0.3 is 218 Å². The Hall–Kier alpha value is -3.54. The van der Waals surface area contributed by atoms with Crippen LogP contribution in [0.3, 0.4) is 0 Å². The number of amides is 1. The molecule has 40 heavy (non-hydrogen) atoms. The molecule has 0 aliphatic carbocycles. The van der Waals surface area contributed by atoms with Crippen LogP contribution in [0.5, 0.6) is 0 Å². The number of piperidine rings is 1. The maximum absolute atomic E-state index is 13.0. The number of halogens is 3. The fourth-order valence-corrected chi connectivity index (χ4v) is 6.62. The van der Waals surface area contributed by atoms with Crippen molar-refractivity contribution in [2.24, 2.45) is 0 Å². The Labute approximate surface area is 236 Å². The van der Waals surface area contributed by atoms with Crippen LogP contribution in [0.15, 0.2) is 67.0 Å². The van der Waals surface area contributed by atoms with Crippen LogP contribution in [-0.2, 0) is 16.2 Å². The summed E-state index contributed by atoms with van der Waals surface area (Å²) >= 11 is 1.28. The van der Waals surface area contributed by atoms with Crippen LogP contribution in [0.25, 0.3) is 16.8 Å². The van der Waals surface area contributed by atoms with Gasteiger partial charge in [0.1, 0.15) is 0 Å². The second kappa shape index (κ2) is 10.8. The fraction of sp³-hybridized carbons (Fsp3) is 0.231. The number of anilines is 1. The number of nitrogens with zero attached hydrogens (tertiary/aromatic N) is 5. The normalized spacial score (nSPS) is 16.6. The summed E-state index contributed by atoms with van der Waals surface area (Å²) in [5.41, 5.74) is 1.26. The van der Waals surface area contributed by atoms with Gasteiger partial charge in [-0.15, -0.1) is 0 Å². The number of fused-ring (bicyclic) bond motifs is 1. The Morgan fingerprint density at radius 3 is 2.58 bits per heavy atom. The summed E-state index contributed by atoms with van der Waals surface area (Å²) in [5, 5.41) is 3.35. The molecule has 0 saturated carbocycles. The SMILES string of the molecule is C=CS(=O)(=O)N1CCCC[C@H]1c1nc(-c2ccc(C(=O)Nc3cc(C(F)(F)F)ccn3)cc2)c2c([AsH2])nccn12. The van der Waals surface area contributed by atoms with Crippen molar-refractivity contribution in [3.63, 3.8) is 0 Å². The first-order chi connectivity index (χ1) is 19.0. The summed E-state index contributed by atoms with van der Waals surface area (Å²) in [5.74, 6) is -0.277. The van der Waals surface area contributed by atoms with Gasteiger partial charge in [0.2, 0.25) is 0 Å². The number of sulfonamides is 1. The van der Waals surface area contributed by atoms with Crippen LogP contribution in [-0.4, -0.2) is 61.4 Å². The molecule has 1 N–H and O–H groups in total. The minimum absolute atomic E-state index is 0.210. The Morgan fingerprint density at radius 2 is 1.88 bits per heavy atom. The van der Waals surface area contributed by atoms with Gasteiger partial charge in [-0.1, -0.05) is 0 Å². The van der Waals surface area contributed by atoms with E-state index in [4.69, 9.17) is 4.98 Å². The number of nitrogens with one attached hydrogen (secondary N) is 1. The number of rotatable bonds is 6. The van der Waals surface area contributed by atoms with E-state index in [0.717, 1.165) is 46.6 Å². The quantitative estimate of drug-likeness (QED) is 0.327. The zero-order chi connectivity index (χ0) is 28.7. The minimum atomic E-state index is -4.56. The molecule has 4 heterocycles. The fourth-order valence-electron chi connectivity index (χ4n) is 4.73. The molecule has 1 fully saturated rings. The zero-order valence-corrected chi connectivity index (χ0v) is 24.2. The van der Waals surface area contributed by atoms with Gasteiger partial charge in [-0.2, -0.15) is 13.2 Å². The maximum atomic E-state index is 13.0. The van der Waals surface area contributed by atoms with Crippen molar-refractivity contribution in [2.45, 2.75) is 31.5 Å². The molecule has 3 aromatic heterocycles. The molecule has 0 spiro atoms. The standard InChI is InChI=1S/C26H24AsF3N6O3S/c1-2-40(38,39)36-13-4-3-5-19(36)24-34-21(22-23(27)32-12-14-35(22)24)16-6-8-17(9-7-16)25(37)33-20-15-18(10-11-31-20)26(28,29)30/h2,6-12,14-15,19H,1,3-5,13,27H2,(H,31,33,37)/t19-/m0/s1. The first-order valence-electron chi connectivity index (χ1n) is 12.2. The molecule has 2 atom stereocenters. The van der Waals surface area contributed by atoms with Gasteiger partial charge < -0.3 is 0 Å². The van der Waals surface area contributed by atoms with E-state index >= 15 is 0 Å². The summed E-state index contributed by atoms with van der Waals surface area (Å²) in [6.07, 6.45) is 1.99. The Balaban J connectivity index is 1.48. The third kappa shape index (κ3) is 5.41. The molecule has 14 heteroatoms. The average Bonchev–Trinajstić information content (AvgIpc) is 3.34. The molecule has 0 radical (unpaired) electrons. The van der Waals surface area contributed by atoms with Gasteiger partial charge in [0.25, 0.3) is 0 Å². The number of alkyl halides is 3. The zero-order valence-electron chi connectivity index (χ0n) is 21.0. The number of hydrogen-bond acceptors (Lipinski definition) is 6. The third-order valence-corrected chi connectivity index (χ3v) is 9.05. The van der Waals surface area contributed by atoms with Crippen LogP contribution in [0.1, 0.15) is 47.1 Å². The Morgan fingerprint density at radius 1 is 1.12 bits per heavy atom. The summed E-state index contributed by atoms with van der Waals surface area (Å²) in [7, 11) is -3.68. The molecule has 1 amide bonds. The predicted octanol–water partition coefficient (Wildman–Crippen LogP) is 3.32. The third-order valence-electron chi connectivity index (χ3n) is 6.65. The van der Waals surface area contributed by atoms with Gasteiger partial charge in [0.15, 0.2) is 0 Å². The second-order valence-corrected chi connectivity index (χ2v) is 12.1. The van der Waals surface area contributed by atoms with E-state index in [9.17, 15) is 26.4 Å². The molecule has 1 saturated heterocycles. The number of pyridine rings is 1. The molecular weight excluding hydrogens is 608 g/mol. The van der Waals surface area contributed by atoms with E-state index in [1.165, 1.54) is 33.3 Å². The predicted molar refractivity (Wildman–Crippen MR) is 146 cm³/mol. The van der Waals surface area contributed by atoms with Crippen molar-refractivity contribution in [1.29, 1.82) is 0 Å². The molecule has 9 nitrogen and oxygen atoms in total. The van der Waals surface area contributed by atoms with E-state index in [0.29, 0.717) is 30.0 Å². The van der Waals surface area contributed by atoms with Crippen molar-refractivity contribution >= 4 is 48.6 Å². The van der Waals surface area contributed by atoms with E-state index in [-0.39, 0.29) is 11.4 Å². The number of hydrogen-bond donors (Lipinski definition) is 1. The van der Waals surface area contributed by atoms with Crippen LogP contribution in [0.2, 0.25) is 0 Å². The molecule has 5 rings (SSSR count). The monoisotopic (exact) mass is 632 g/mol. The van der Waals surface area contributed by atoms with Crippen molar-refractivity contribution in [3.8, 4) is 11.3 Å². The molecule has 1 unspecified atom stereocenters. The van der Waals surface area contributed by atoms with Crippen LogP contribution < -0.4 is 9.80 Å². The van der Waals surface area contributed by atoms with Gasteiger partial charge in [0, 0.05) is 0 Å². The first kappa shape index (κ1) is 28.0. The summed E-state index contributed by atoms with van der Waals surface area (Å²) in [6, 6.07) is 7.54. The average molecular weight is 632 g/mol. The molecule has 0 bridgehead atoms. The van der Waals surface area contributed by atoms with E-state index in [1.54, 1.807) is 24.5 Å². The Kier molecular flexibility index (Phi) is 7.56. The molecule has 1 aliphatic rings. The molecular formula is C26H24AsF3N6O3S. The van der Waals surface area contributed by atoms with E-state index < -0.39 is 33.7 Å². The van der Waals surface area contributed by atoms with Crippen LogP contribution in [0.4, 0.5) is 19.0 Å². The number of carbonyl (C=O) groups is 1. The number of carbonyl (C=O) groups excluding carboxylic acids is 1. The van der Waals surface area contributed by atoms with Crippen LogP contribution >= 0.6 is 0 Å². The topological polar surface area (TPSA) is 110 Å². The first-order valence-corrected chi connectivity index (χ1v) is 14.9. The number of imidazole rings is 1. The van der Waals surface area contributed by atoms with Crippen molar-refractivity contribution < 1.29 is 26.4 Å². The van der Waals surface area contributed by atoms with E-state index in [1.807, 2.05) is 4.40 Å². The number of aromatic nitrogens is 4.